The van der Waals surface area contributed by atoms with Gasteiger partial charge in [0.1, 0.15) is 0 Å². The smallest absolute Gasteiger partial charge is 0.0377 e. The number of hydrogen-bond acceptors (Lipinski definition) is 2. The Labute approximate surface area is 131 Å². The van der Waals surface area contributed by atoms with Crippen LogP contribution in [0.4, 0.5) is 5.69 Å². The van der Waals surface area contributed by atoms with Crippen molar-refractivity contribution in [1.82, 2.24) is 0 Å². The Kier molecular flexibility index (Phi) is 5.14. The molecule has 112 valence electrons. The molecule has 0 aliphatic carbocycles. The van der Waals surface area contributed by atoms with E-state index >= 15 is 0 Å². The number of rotatable bonds is 2. The lowest BCUT2D eigenvalue weighted by Gasteiger charge is -2.30. The average Bonchev–Trinajstić information content (AvgIpc) is 2.63. The van der Waals surface area contributed by atoms with Crippen LogP contribution >= 0.6 is 15.9 Å². The maximum absolute atomic E-state index is 5.73. The van der Waals surface area contributed by atoms with Crippen LogP contribution in [0.2, 0.25) is 0 Å². The molecule has 0 saturated carbocycles. The first kappa shape index (κ1) is 15.8. The van der Waals surface area contributed by atoms with E-state index in [0.29, 0.717) is 12.0 Å². The molecule has 20 heavy (non-hydrogen) atoms. The number of nitrogens with two attached hydrogens (primary N) is 1. The minimum Gasteiger partial charge on any atom is -0.371 e. The Morgan fingerprint density at radius 3 is 2.60 bits per heavy atom. The van der Waals surface area contributed by atoms with Gasteiger partial charge in [0.2, 0.25) is 0 Å². The van der Waals surface area contributed by atoms with Crippen molar-refractivity contribution in [2.24, 2.45) is 17.1 Å². The molecule has 1 aliphatic heterocycles. The zero-order valence-electron chi connectivity index (χ0n) is 13.0. The van der Waals surface area contributed by atoms with Crippen LogP contribution in [0.1, 0.15) is 45.6 Å². The van der Waals surface area contributed by atoms with Crippen molar-refractivity contribution in [1.29, 1.82) is 0 Å². The molecule has 2 nitrogen and oxygen atoms in total. The summed E-state index contributed by atoms with van der Waals surface area (Å²) in [6.07, 6.45) is 3.93. The fourth-order valence-electron chi connectivity index (χ4n) is 3.12. The Morgan fingerprint density at radius 2 is 2.00 bits per heavy atom. The van der Waals surface area contributed by atoms with Crippen molar-refractivity contribution < 1.29 is 0 Å². The normalized spacial score (nSPS) is 20.9. The Morgan fingerprint density at radius 1 is 1.25 bits per heavy atom. The molecule has 0 radical (unpaired) electrons. The topological polar surface area (TPSA) is 29.3 Å². The Balaban J connectivity index is 2.09. The number of hydrogen-bond donors (Lipinski definition) is 1. The van der Waals surface area contributed by atoms with Crippen LogP contribution in [0.15, 0.2) is 22.7 Å². The van der Waals surface area contributed by atoms with Crippen LogP contribution in [-0.2, 0) is 6.54 Å². The van der Waals surface area contributed by atoms with Crippen molar-refractivity contribution >= 4 is 21.6 Å². The largest absolute Gasteiger partial charge is 0.371 e. The monoisotopic (exact) mass is 338 g/mol. The molecule has 3 heteroatoms. The van der Waals surface area contributed by atoms with E-state index in [0.717, 1.165) is 16.9 Å². The summed E-state index contributed by atoms with van der Waals surface area (Å²) in [6.45, 7) is 10.0. The maximum atomic E-state index is 5.73. The van der Waals surface area contributed by atoms with Gasteiger partial charge in [0.05, 0.1) is 0 Å². The second-order valence-corrected chi connectivity index (χ2v) is 7.82. The molecular formula is C17H27BrN2. The van der Waals surface area contributed by atoms with Crippen LogP contribution in [0.5, 0.6) is 0 Å². The molecule has 1 fully saturated rings. The van der Waals surface area contributed by atoms with Gasteiger partial charge in [-0.05, 0) is 48.3 Å². The highest BCUT2D eigenvalue weighted by molar-refractivity contribution is 9.10. The zero-order chi connectivity index (χ0) is 14.8. The number of anilines is 1. The van der Waals surface area contributed by atoms with E-state index in [1.54, 1.807) is 0 Å². The van der Waals surface area contributed by atoms with E-state index in [-0.39, 0.29) is 0 Å². The standard InChI is InChI=1S/C17H27BrN2/c1-17(2,3)14-5-4-9-20(10-8-14)15-7-6-13(12-19)16(18)11-15/h6-7,11,14H,4-5,8-10,12,19H2,1-3H3. The third kappa shape index (κ3) is 3.76. The summed E-state index contributed by atoms with van der Waals surface area (Å²) in [5.41, 5.74) is 8.66. The molecule has 0 spiro atoms. The molecule has 0 bridgehead atoms. The van der Waals surface area contributed by atoms with Gasteiger partial charge in [-0.1, -0.05) is 42.8 Å². The summed E-state index contributed by atoms with van der Waals surface area (Å²) in [5.74, 6) is 0.833. The fourth-order valence-corrected chi connectivity index (χ4v) is 3.65. The van der Waals surface area contributed by atoms with E-state index in [9.17, 15) is 0 Å². The highest BCUT2D eigenvalue weighted by atomic mass is 79.9. The highest BCUT2D eigenvalue weighted by Crippen LogP contribution is 2.35. The second kappa shape index (κ2) is 6.48. The first-order valence-corrected chi connectivity index (χ1v) is 8.44. The number of nitrogens with zero attached hydrogens (tertiary/aromatic N) is 1. The molecule has 1 atom stereocenters. The van der Waals surface area contributed by atoms with Crippen LogP contribution < -0.4 is 10.6 Å². The van der Waals surface area contributed by atoms with Gasteiger partial charge in [-0.2, -0.15) is 0 Å². The molecule has 2 rings (SSSR count). The third-order valence-electron chi connectivity index (χ3n) is 4.57. The molecular weight excluding hydrogens is 312 g/mol. The van der Waals surface area contributed by atoms with Gasteiger partial charge in [0.15, 0.2) is 0 Å². The molecule has 1 saturated heterocycles. The minimum atomic E-state index is 0.431. The van der Waals surface area contributed by atoms with E-state index in [2.05, 4.69) is 59.8 Å². The molecule has 1 aromatic rings. The first-order chi connectivity index (χ1) is 9.41. The molecule has 1 aliphatic rings. The Hall–Kier alpha value is -0.540. The van der Waals surface area contributed by atoms with Gasteiger partial charge >= 0.3 is 0 Å². The zero-order valence-corrected chi connectivity index (χ0v) is 14.5. The van der Waals surface area contributed by atoms with Crippen LogP contribution in [-0.4, -0.2) is 13.1 Å². The van der Waals surface area contributed by atoms with Crippen molar-refractivity contribution in [3.8, 4) is 0 Å². The van der Waals surface area contributed by atoms with Crippen molar-refractivity contribution in [2.75, 3.05) is 18.0 Å². The molecule has 1 aromatic carbocycles. The summed E-state index contributed by atoms with van der Waals surface area (Å²) in [7, 11) is 0. The van der Waals surface area contributed by atoms with Crippen LogP contribution in [0.3, 0.4) is 0 Å². The van der Waals surface area contributed by atoms with E-state index in [1.165, 1.54) is 37.1 Å². The predicted octanol–water partition coefficient (Wildman–Crippen LogP) is 4.56. The lowest BCUT2D eigenvalue weighted by atomic mass is 9.77. The van der Waals surface area contributed by atoms with E-state index < -0.39 is 0 Å². The van der Waals surface area contributed by atoms with Gasteiger partial charge < -0.3 is 10.6 Å². The lowest BCUT2D eigenvalue weighted by Crippen LogP contribution is -2.26. The number of halogens is 1. The van der Waals surface area contributed by atoms with Crippen molar-refractivity contribution in [2.45, 2.75) is 46.6 Å². The van der Waals surface area contributed by atoms with Crippen molar-refractivity contribution in [3.63, 3.8) is 0 Å². The molecule has 0 aromatic heterocycles. The average molecular weight is 339 g/mol. The van der Waals surface area contributed by atoms with Crippen LogP contribution in [0.25, 0.3) is 0 Å². The Bertz CT molecular complexity index is 451. The summed E-state index contributed by atoms with van der Waals surface area (Å²) >= 11 is 3.63. The van der Waals surface area contributed by atoms with Gasteiger partial charge in [-0.3, -0.25) is 0 Å². The maximum Gasteiger partial charge on any atom is 0.0377 e. The SMILES string of the molecule is CC(C)(C)C1CCCN(c2ccc(CN)c(Br)c2)CC1. The van der Waals surface area contributed by atoms with Gasteiger partial charge in [-0.15, -0.1) is 0 Å². The minimum absolute atomic E-state index is 0.431. The lowest BCUT2D eigenvalue weighted by molar-refractivity contribution is 0.220. The van der Waals surface area contributed by atoms with Gasteiger partial charge in [-0.25, -0.2) is 0 Å². The molecule has 1 heterocycles. The third-order valence-corrected chi connectivity index (χ3v) is 5.31. The molecule has 0 amide bonds. The first-order valence-electron chi connectivity index (χ1n) is 7.65. The summed E-state index contributed by atoms with van der Waals surface area (Å²) < 4.78 is 1.13. The van der Waals surface area contributed by atoms with E-state index in [4.69, 9.17) is 5.73 Å². The fraction of sp³-hybridized carbons (Fsp3) is 0.647. The molecule has 2 N–H and O–H groups in total. The summed E-state index contributed by atoms with van der Waals surface area (Å²) in [6, 6.07) is 6.58. The summed E-state index contributed by atoms with van der Waals surface area (Å²) in [4.78, 5) is 2.52. The summed E-state index contributed by atoms with van der Waals surface area (Å²) in [5, 5.41) is 0. The van der Waals surface area contributed by atoms with E-state index in [1.807, 2.05) is 0 Å². The number of benzene rings is 1. The quantitative estimate of drug-likeness (QED) is 0.856. The molecule has 1 unspecified atom stereocenters. The van der Waals surface area contributed by atoms with Gasteiger partial charge in [0.25, 0.3) is 0 Å². The predicted molar refractivity (Wildman–Crippen MR) is 91.0 cm³/mol. The second-order valence-electron chi connectivity index (χ2n) is 6.96. The van der Waals surface area contributed by atoms with Gasteiger partial charge in [0, 0.05) is 29.8 Å². The highest BCUT2D eigenvalue weighted by Gasteiger charge is 2.27. The van der Waals surface area contributed by atoms with Crippen molar-refractivity contribution in [3.05, 3.63) is 28.2 Å². The van der Waals surface area contributed by atoms with Crippen LogP contribution in [0, 0.1) is 11.3 Å².